The maximum Gasteiger partial charge on any atom is 0.296 e. The summed E-state index contributed by atoms with van der Waals surface area (Å²) in [5, 5.41) is 68.2. The number of anilines is 1. The number of hydrogen-bond donors (Lipinski definition) is 7. The molecule has 0 saturated heterocycles. The molecule has 0 aromatic heterocycles. The third kappa shape index (κ3) is 12.2. The minimum Gasteiger partial charge on any atom is -0.505 e. The van der Waals surface area contributed by atoms with Gasteiger partial charge in [-0.2, -0.15) is 35.5 Å². The molecule has 0 amide bonds. The van der Waals surface area contributed by atoms with E-state index in [1.54, 1.807) is 43.3 Å². The van der Waals surface area contributed by atoms with Crippen molar-refractivity contribution in [3.05, 3.63) is 120 Å². The van der Waals surface area contributed by atoms with Gasteiger partial charge >= 0.3 is 0 Å². The van der Waals surface area contributed by atoms with E-state index in [-0.39, 0.29) is 68.8 Å². The number of ether oxygens (including phenoxy) is 2. The lowest BCUT2D eigenvalue weighted by molar-refractivity contribution is 0.317. The van der Waals surface area contributed by atoms with Crippen molar-refractivity contribution < 1.29 is 63.7 Å². The van der Waals surface area contributed by atoms with Crippen molar-refractivity contribution in [3.63, 3.8) is 0 Å². The van der Waals surface area contributed by atoms with Crippen molar-refractivity contribution in [2.45, 2.75) is 43.4 Å². The Kier molecular flexibility index (Phi) is 15.4. The molecule has 8 aromatic rings. The molecule has 76 heavy (non-hydrogen) atoms. The van der Waals surface area contributed by atoms with E-state index >= 15 is 0 Å². The summed E-state index contributed by atoms with van der Waals surface area (Å²) in [6.07, 6.45) is 0.717. The summed E-state index contributed by atoms with van der Waals surface area (Å²) < 4.78 is 114. The Bertz CT molecular complexity index is 4120. The van der Waals surface area contributed by atoms with Crippen LogP contribution in [0.1, 0.15) is 30.9 Å². The first-order valence-corrected chi connectivity index (χ1v) is 27.2. The smallest absolute Gasteiger partial charge is 0.296 e. The molecule has 0 fully saturated rings. The van der Waals surface area contributed by atoms with Crippen LogP contribution in [0.3, 0.4) is 0 Å². The van der Waals surface area contributed by atoms with E-state index in [1.807, 2.05) is 32.0 Å². The number of phenols is 3. The molecular formula is C50H45N9O14S3. The van der Waals surface area contributed by atoms with Gasteiger partial charge in [0, 0.05) is 10.8 Å². The van der Waals surface area contributed by atoms with Crippen molar-refractivity contribution >= 4 is 114 Å². The molecule has 8 aromatic carbocycles. The van der Waals surface area contributed by atoms with Crippen LogP contribution in [-0.4, -0.2) is 73.2 Å². The number of rotatable bonds is 18. The van der Waals surface area contributed by atoms with Gasteiger partial charge in [-0.3, -0.25) is 13.7 Å². The molecule has 0 spiro atoms. The molecular weight excluding hydrogens is 1050 g/mol. The highest BCUT2D eigenvalue weighted by Crippen LogP contribution is 2.47. The number of fused-ring (bicyclic) bond motifs is 3. The zero-order valence-electron chi connectivity index (χ0n) is 40.3. The van der Waals surface area contributed by atoms with Gasteiger partial charge in [0.25, 0.3) is 30.4 Å². The van der Waals surface area contributed by atoms with E-state index in [2.05, 4.69) is 40.9 Å². The number of aryl methyl sites for hydroxylation is 2. The summed E-state index contributed by atoms with van der Waals surface area (Å²) in [5.41, 5.74) is 7.17. The van der Waals surface area contributed by atoms with Gasteiger partial charge in [-0.1, -0.05) is 37.3 Å². The summed E-state index contributed by atoms with van der Waals surface area (Å²) in [7, 11) is -14.4. The van der Waals surface area contributed by atoms with E-state index in [0.29, 0.717) is 40.1 Å². The van der Waals surface area contributed by atoms with Crippen LogP contribution in [-0.2, 0) is 30.4 Å². The molecule has 0 radical (unpaired) electrons. The number of nitrogens with two attached hydrogens (primary N) is 1. The molecule has 0 aliphatic carbocycles. The topological polar surface area (TPSA) is 367 Å². The molecule has 8 rings (SSSR count). The van der Waals surface area contributed by atoms with Gasteiger partial charge in [-0.05, 0) is 133 Å². The third-order valence-electron chi connectivity index (χ3n) is 11.3. The Morgan fingerprint density at radius 1 is 0.487 bits per heavy atom. The molecule has 392 valence electrons. The number of nitrogens with zero attached hydrogens (tertiary/aromatic N) is 8. The largest absolute Gasteiger partial charge is 0.505 e. The van der Waals surface area contributed by atoms with Crippen LogP contribution in [0, 0.1) is 13.8 Å². The monoisotopic (exact) mass is 1090 g/mol. The number of benzene rings is 8. The predicted molar refractivity (Wildman–Crippen MR) is 282 cm³/mol. The van der Waals surface area contributed by atoms with Crippen molar-refractivity contribution in [3.8, 4) is 28.7 Å². The van der Waals surface area contributed by atoms with Crippen LogP contribution in [0.2, 0.25) is 0 Å². The Morgan fingerprint density at radius 2 is 0.987 bits per heavy atom. The van der Waals surface area contributed by atoms with Crippen LogP contribution >= 0.6 is 0 Å². The SMILES string of the molecule is CCCOc1ccc(C)cc1N=Nc1ccc2cc(N=Nc3ccc4cc(S(=O)(=O)O)c(N=Nc5ccc6cc(S(=O)(=O)O)c(N=Nc7cc(C)ccc7OCCCS(=O)(=O)O)c(O)c6c5)c(N)c4c3O)ccc2c1O. The van der Waals surface area contributed by atoms with E-state index < -0.39 is 74.5 Å². The predicted octanol–water partition coefficient (Wildman–Crippen LogP) is 13.1. The summed E-state index contributed by atoms with van der Waals surface area (Å²) in [6, 6.07) is 26.8. The summed E-state index contributed by atoms with van der Waals surface area (Å²) >= 11 is 0. The maximum absolute atomic E-state index is 12.7. The molecule has 0 atom stereocenters. The van der Waals surface area contributed by atoms with E-state index in [1.165, 1.54) is 42.5 Å². The van der Waals surface area contributed by atoms with E-state index in [4.69, 9.17) is 19.8 Å². The second kappa shape index (κ2) is 21.7. The van der Waals surface area contributed by atoms with Gasteiger partial charge in [-0.15, -0.1) is 30.7 Å². The molecule has 23 nitrogen and oxygen atoms in total. The first kappa shape index (κ1) is 53.8. The lowest BCUT2D eigenvalue weighted by Gasteiger charge is -2.12. The Hall–Kier alpha value is -8.53. The van der Waals surface area contributed by atoms with Gasteiger partial charge in [0.05, 0.1) is 41.4 Å². The van der Waals surface area contributed by atoms with Gasteiger partial charge < -0.3 is 30.5 Å². The maximum atomic E-state index is 12.7. The summed E-state index contributed by atoms with van der Waals surface area (Å²) in [4.78, 5) is -1.63. The Morgan fingerprint density at radius 3 is 1.63 bits per heavy atom. The summed E-state index contributed by atoms with van der Waals surface area (Å²) in [6.45, 7) is 5.93. The second-order valence-electron chi connectivity index (χ2n) is 17.0. The van der Waals surface area contributed by atoms with Crippen molar-refractivity contribution in [2.75, 3.05) is 24.7 Å². The van der Waals surface area contributed by atoms with Crippen LogP contribution in [0.15, 0.2) is 160 Å². The molecule has 0 aliphatic heterocycles. The number of aromatic hydroxyl groups is 3. The number of nitrogen functional groups attached to an aromatic ring is 1. The quantitative estimate of drug-likeness (QED) is 0.0182. The van der Waals surface area contributed by atoms with Gasteiger partial charge in [0.15, 0.2) is 17.2 Å². The third-order valence-corrected chi connectivity index (χ3v) is 13.9. The van der Waals surface area contributed by atoms with Crippen molar-refractivity contribution in [1.82, 2.24) is 0 Å². The van der Waals surface area contributed by atoms with E-state index in [0.717, 1.165) is 24.1 Å². The fraction of sp³-hybridized carbons (Fsp3) is 0.160. The van der Waals surface area contributed by atoms with Crippen molar-refractivity contribution in [1.29, 1.82) is 0 Å². The fourth-order valence-corrected chi connectivity index (χ4v) is 9.49. The average Bonchev–Trinajstić information content (AvgIpc) is 3.35. The van der Waals surface area contributed by atoms with Crippen LogP contribution in [0.4, 0.5) is 51.2 Å². The first-order chi connectivity index (χ1) is 36.0. The number of hydrogen-bond acceptors (Lipinski definition) is 20. The molecule has 0 heterocycles. The van der Waals surface area contributed by atoms with Crippen LogP contribution < -0.4 is 15.2 Å². The van der Waals surface area contributed by atoms with Gasteiger partial charge in [0.2, 0.25) is 0 Å². The summed E-state index contributed by atoms with van der Waals surface area (Å²) in [5.74, 6) is -1.42. The molecule has 8 N–H and O–H groups in total. The molecule has 0 saturated carbocycles. The zero-order valence-corrected chi connectivity index (χ0v) is 42.7. The first-order valence-electron chi connectivity index (χ1n) is 22.7. The minimum absolute atomic E-state index is 0.0208. The van der Waals surface area contributed by atoms with Crippen molar-refractivity contribution in [2.24, 2.45) is 40.9 Å². The lowest BCUT2D eigenvalue weighted by Crippen LogP contribution is -2.08. The standard InChI is InChI=1S/C50H45N9O14S3/c1-4-18-72-40-16-6-27(2)21-38(40)56-55-36-14-9-29-23-32(12-13-34(29)48(36)60)52-54-37-15-10-31-25-42(75(66,67)68)46(45(51)44(31)50(37)62)58-53-33-11-8-30-24-43(76(69,70)71)47(49(61)35(30)26-33)59-57-39-22-28(3)7-17-41(39)73-19-5-20-74(63,64)65/h6-17,21-26,60-62H,4-5,18-20,51H2,1-3H3,(H,63,64,65)(H,66,67,68)(H,69,70,71). The molecule has 26 heteroatoms. The van der Waals surface area contributed by atoms with Crippen LogP contribution in [0.5, 0.6) is 28.7 Å². The fourth-order valence-electron chi connectivity index (χ4n) is 7.68. The Balaban J connectivity index is 1.10. The normalized spacial score (nSPS) is 12.7. The van der Waals surface area contributed by atoms with E-state index in [9.17, 15) is 49.7 Å². The number of azo groups is 4. The second-order valence-corrected chi connectivity index (χ2v) is 21.4. The zero-order chi connectivity index (χ0) is 54.7. The highest BCUT2D eigenvalue weighted by molar-refractivity contribution is 7.86. The number of phenolic OH excluding ortho intramolecular Hbond substituents is 3. The van der Waals surface area contributed by atoms with Gasteiger partial charge in [0.1, 0.15) is 55.4 Å². The average molecular weight is 1090 g/mol. The Labute approximate surface area is 433 Å². The molecule has 0 unspecified atom stereocenters. The highest BCUT2D eigenvalue weighted by Gasteiger charge is 2.25. The molecule has 0 aliphatic rings. The highest BCUT2D eigenvalue weighted by atomic mass is 32.2. The molecule has 0 bridgehead atoms. The minimum atomic E-state index is -5.06. The van der Waals surface area contributed by atoms with Crippen LogP contribution in [0.25, 0.3) is 32.3 Å². The lowest BCUT2D eigenvalue weighted by atomic mass is 10.1. The van der Waals surface area contributed by atoms with Gasteiger partial charge in [-0.25, -0.2) is 0 Å².